The molecule has 0 amide bonds. The van der Waals surface area contributed by atoms with Gasteiger partial charge in [-0.15, -0.1) is 0 Å². The summed E-state index contributed by atoms with van der Waals surface area (Å²) in [6.45, 7) is 5.30. The Bertz CT molecular complexity index is 641. The van der Waals surface area contributed by atoms with Crippen LogP contribution in [-0.4, -0.2) is 35.2 Å². The van der Waals surface area contributed by atoms with Crippen molar-refractivity contribution in [3.05, 3.63) is 47.0 Å². The Morgan fingerprint density at radius 1 is 1.10 bits per heavy atom. The van der Waals surface area contributed by atoms with Gasteiger partial charge < -0.3 is 0 Å². The summed E-state index contributed by atoms with van der Waals surface area (Å²) in [6, 6.07) is 9.46. The maximum absolute atomic E-state index is 11.8. The number of ketones is 2. The van der Waals surface area contributed by atoms with E-state index in [-0.39, 0.29) is 17.1 Å². The number of carbonyl (C=O) groups is 2. The zero-order valence-corrected chi connectivity index (χ0v) is 12.3. The second-order valence-electron chi connectivity index (χ2n) is 4.65. The van der Waals surface area contributed by atoms with Crippen LogP contribution in [0.15, 0.2) is 51.7 Å². The minimum Gasteiger partial charge on any atom is -0.294 e. The van der Waals surface area contributed by atoms with Gasteiger partial charge in [0.15, 0.2) is 11.6 Å². The Morgan fingerprint density at radius 3 is 2.24 bits per heavy atom. The first-order valence-corrected chi connectivity index (χ1v) is 6.76. The summed E-state index contributed by atoms with van der Waals surface area (Å²) >= 11 is 0. The van der Waals surface area contributed by atoms with Crippen LogP contribution in [0.1, 0.15) is 26.3 Å². The first kappa shape index (κ1) is 14.8. The Balaban J connectivity index is 2.64. The number of carbonyl (C=O) groups excluding carboxylic acids is 2. The average Bonchev–Trinajstić information content (AvgIpc) is 2.48. The lowest BCUT2D eigenvalue weighted by Gasteiger charge is -2.20. The van der Waals surface area contributed by atoms with E-state index in [1.807, 2.05) is 37.3 Å². The molecule has 0 spiro atoms. The van der Waals surface area contributed by atoms with Crippen molar-refractivity contribution in [3.8, 4) is 0 Å². The number of nitrogens with zero attached hydrogens (tertiary/aromatic N) is 3. The molecule has 1 aliphatic heterocycles. The van der Waals surface area contributed by atoms with Crippen molar-refractivity contribution in [2.75, 3.05) is 6.54 Å². The molecule has 0 bridgehead atoms. The second kappa shape index (κ2) is 6.26. The van der Waals surface area contributed by atoms with Gasteiger partial charge in [-0.3, -0.25) is 9.59 Å². The van der Waals surface area contributed by atoms with Crippen molar-refractivity contribution in [1.29, 1.82) is 0 Å². The van der Waals surface area contributed by atoms with E-state index in [9.17, 15) is 9.59 Å². The predicted octanol–water partition coefficient (Wildman–Crippen LogP) is 2.19. The van der Waals surface area contributed by atoms with Crippen LogP contribution in [0.5, 0.6) is 0 Å². The van der Waals surface area contributed by atoms with E-state index in [1.165, 1.54) is 25.2 Å². The molecular formula is C16H17N3O2. The molecule has 108 valence electrons. The van der Waals surface area contributed by atoms with Gasteiger partial charge in [-0.1, -0.05) is 30.3 Å². The highest BCUT2D eigenvalue weighted by Gasteiger charge is 2.23. The largest absolute Gasteiger partial charge is 0.294 e. The molecule has 0 aromatic heterocycles. The molecule has 1 aromatic rings. The van der Waals surface area contributed by atoms with E-state index in [0.29, 0.717) is 17.8 Å². The monoisotopic (exact) mass is 283 g/mol. The summed E-state index contributed by atoms with van der Waals surface area (Å²) in [5.74, 6) is -0.560. The van der Waals surface area contributed by atoms with Gasteiger partial charge in [-0.05, 0) is 20.8 Å². The predicted molar refractivity (Wildman–Crippen MR) is 82.2 cm³/mol. The topological polar surface area (TPSA) is 62.1 Å². The molecular weight excluding hydrogens is 266 g/mol. The standard InChI is InChI=1S/C16H17N3O2/c1-4-19-17-10-14(15(11(2)20)12(3)21)16(18-19)13-8-6-5-7-9-13/h5-10H,4H2,1-3H3. The first-order chi connectivity index (χ1) is 10.0. The first-order valence-electron chi connectivity index (χ1n) is 6.76. The van der Waals surface area contributed by atoms with Crippen LogP contribution >= 0.6 is 0 Å². The van der Waals surface area contributed by atoms with E-state index in [2.05, 4.69) is 10.2 Å². The zero-order valence-electron chi connectivity index (χ0n) is 12.3. The number of hydrogen-bond acceptors (Lipinski definition) is 5. The van der Waals surface area contributed by atoms with E-state index in [1.54, 1.807) is 0 Å². The van der Waals surface area contributed by atoms with Crippen molar-refractivity contribution < 1.29 is 9.59 Å². The van der Waals surface area contributed by atoms with Crippen molar-refractivity contribution in [2.45, 2.75) is 20.8 Å². The molecule has 1 aliphatic rings. The number of Topliss-reactive ketones (excluding diaryl/α,β-unsaturated/α-hetero) is 2. The van der Waals surface area contributed by atoms with Gasteiger partial charge in [0.25, 0.3) is 0 Å². The zero-order chi connectivity index (χ0) is 15.4. The van der Waals surface area contributed by atoms with E-state index >= 15 is 0 Å². The number of benzene rings is 1. The van der Waals surface area contributed by atoms with Gasteiger partial charge in [0, 0.05) is 11.1 Å². The summed E-state index contributed by atoms with van der Waals surface area (Å²) in [6.07, 6.45) is 1.54. The van der Waals surface area contributed by atoms with Crippen LogP contribution < -0.4 is 0 Å². The van der Waals surface area contributed by atoms with Crippen molar-refractivity contribution >= 4 is 23.5 Å². The Kier molecular flexibility index (Phi) is 4.42. The van der Waals surface area contributed by atoms with Gasteiger partial charge >= 0.3 is 0 Å². The third-order valence-corrected chi connectivity index (χ3v) is 3.09. The van der Waals surface area contributed by atoms with Crippen LogP contribution in [0.3, 0.4) is 0 Å². The van der Waals surface area contributed by atoms with Gasteiger partial charge in [-0.25, -0.2) is 0 Å². The molecule has 0 unspecified atom stereocenters. The molecule has 0 saturated carbocycles. The number of rotatable bonds is 4. The number of hydrazone groups is 2. The Labute approximate surface area is 123 Å². The summed E-state index contributed by atoms with van der Waals surface area (Å²) < 4.78 is 0. The molecule has 1 aromatic carbocycles. The van der Waals surface area contributed by atoms with E-state index < -0.39 is 0 Å². The smallest absolute Gasteiger partial charge is 0.164 e. The molecule has 0 aliphatic carbocycles. The van der Waals surface area contributed by atoms with Crippen LogP contribution in [0.4, 0.5) is 0 Å². The number of allylic oxidation sites excluding steroid dienone is 2. The van der Waals surface area contributed by atoms with Gasteiger partial charge in [-0.2, -0.15) is 15.3 Å². The lowest BCUT2D eigenvalue weighted by molar-refractivity contribution is -0.119. The fraction of sp³-hybridized carbons (Fsp3) is 0.250. The summed E-state index contributed by atoms with van der Waals surface area (Å²) in [4.78, 5) is 23.6. The molecule has 0 radical (unpaired) electrons. The maximum atomic E-state index is 11.8. The third-order valence-electron chi connectivity index (χ3n) is 3.09. The minimum atomic E-state index is -0.280. The summed E-state index contributed by atoms with van der Waals surface area (Å²) in [5, 5.41) is 10.1. The van der Waals surface area contributed by atoms with Crippen LogP contribution in [0.25, 0.3) is 0 Å². The van der Waals surface area contributed by atoms with E-state index in [4.69, 9.17) is 0 Å². The number of hydrogen-bond donors (Lipinski definition) is 0. The van der Waals surface area contributed by atoms with Crippen LogP contribution in [0.2, 0.25) is 0 Å². The molecule has 0 N–H and O–H groups in total. The van der Waals surface area contributed by atoms with E-state index in [0.717, 1.165) is 5.56 Å². The Hall–Kier alpha value is -2.56. The normalized spacial score (nSPS) is 14.0. The fourth-order valence-electron chi connectivity index (χ4n) is 2.15. The molecule has 5 nitrogen and oxygen atoms in total. The quantitative estimate of drug-likeness (QED) is 0.483. The second-order valence-corrected chi connectivity index (χ2v) is 4.65. The van der Waals surface area contributed by atoms with Gasteiger partial charge in [0.2, 0.25) is 0 Å². The summed E-state index contributed by atoms with van der Waals surface area (Å²) in [7, 11) is 0. The average molecular weight is 283 g/mol. The SMILES string of the molecule is CCN1N=CC(=C(C(C)=O)C(C)=O)C(c2ccccc2)=N1. The lowest BCUT2D eigenvalue weighted by atomic mass is 9.94. The van der Waals surface area contributed by atoms with Crippen LogP contribution in [-0.2, 0) is 9.59 Å². The molecule has 5 heteroatoms. The molecule has 2 rings (SSSR count). The minimum absolute atomic E-state index is 0.136. The van der Waals surface area contributed by atoms with Gasteiger partial charge in [0.1, 0.15) is 5.71 Å². The fourth-order valence-corrected chi connectivity index (χ4v) is 2.15. The highest BCUT2D eigenvalue weighted by molar-refractivity contribution is 6.34. The van der Waals surface area contributed by atoms with Crippen molar-refractivity contribution in [2.24, 2.45) is 10.2 Å². The molecule has 0 atom stereocenters. The maximum Gasteiger partial charge on any atom is 0.164 e. The highest BCUT2D eigenvalue weighted by atomic mass is 16.1. The highest BCUT2D eigenvalue weighted by Crippen LogP contribution is 2.18. The summed E-state index contributed by atoms with van der Waals surface area (Å²) in [5.41, 5.74) is 2.05. The van der Waals surface area contributed by atoms with Gasteiger partial charge in [0.05, 0.1) is 18.3 Å². The van der Waals surface area contributed by atoms with Crippen molar-refractivity contribution in [3.63, 3.8) is 0 Å². The van der Waals surface area contributed by atoms with Crippen molar-refractivity contribution in [1.82, 2.24) is 5.12 Å². The third kappa shape index (κ3) is 3.13. The molecule has 1 heterocycles. The Morgan fingerprint density at radius 2 is 1.71 bits per heavy atom. The molecule has 0 fully saturated rings. The lowest BCUT2D eigenvalue weighted by Crippen LogP contribution is -2.25. The molecule has 21 heavy (non-hydrogen) atoms. The van der Waals surface area contributed by atoms with Crippen LogP contribution in [0, 0.1) is 0 Å². The molecule has 0 saturated heterocycles.